The molecule has 14 heavy (non-hydrogen) atoms. The van der Waals surface area contributed by atoms with Crippen LogP contribution in [0.25, 0.3) is 0 Å². The van der Waals surface area contributed by atoms with Crippen molar-refractivity contribution in [2.45, 2.75) is 45.4 Å². The summed E-state index contributed by atoms with van der Waals surface area (Å²) in [4.78, 5) is 21.0. The van der Waals surface area contributed by atoms with Gasteiger partial charge in [0.25, 0.3) is 0 Å². The van der Waals surface area contributed by atoms with Crippen LogP contribution in [-0.4, -0.2) is 16.3 Å². The Morgan fingerprint density at radius 2 is 1.93 bits per heavy atom. The summed E-state index contributed by atoms with van der Waals surface area (Å²) < 4.78 is 0. The molecule has 0 aromatic rings. The Bertz CT molecular complexity index is 192. The maximum absolute atomic E-state index is 10.6. The van der Waals surface area contributed by atoms with Gasteiger partial charge < -0.3 is 5.11 Å². The van der Waals surface area contributed by atoms with Gasteiger partial charge in [-0.2, -0.15) is 0 Å². The van der Waals surface area contributed by atoms with Crippen LogP contribution >= 0.6 is 11.6 Å². The van der Waals surface area contributed by atoms with Gasteiger partial charge in [-0.1, -0.05) is 19.8 Å². The third-order valence-electron chi connectivity index (χ3n) is 2.27. The lowest BCUT2D eigenvalue weighted by Gasteiger charge is -2.08. The van der Waals surface area contributed by atoms with Gasteiger partial charge in [0.2, 0.25) is 5.24 Å². The molecule has 0 rings (SSSR count). The lowest BCUT2D eigenvalue weighted by molar-refractivity contribution is -0.142. The number of hydrogen-bond donors (Lipinski definition) is 1. The van der Waals surface area contributed by atoms with E-state index < -0.39 is 5.97 Å². The minimum absolute atomic E-state index is 0.235. The van der Waals surface area contributed by atoms with Crippen LogP contribution in [0.3, 0.4) is 0 Å². The first-order valence-electron chi connectivity index (χ1n) is 4.99. The first-order valence-corrected chi connectivity index (χ1v) is 5.36. The molecular formula is C10H17ClO3. The van der Waals surface area contributed by atoms with Crippen LogP contribution in [0.4, 0.5) is 0 Å². The Hall–Kier alpha value is -0.570. The highest BCUT2D eigenvalue weighted by molar-refractivity contribution is 6.63. The molecule has 0 saturated heterocycles. The molecule has 3 nitrogen and oxygen atoms in total. The van der Waals surface area contributed by atoms with E-state index in [0.717, 1.165) is 19.3 Å². The van der Waals surface area contributed by atoms with Crippen molar-refractivity contribution >= 4 is 22.8 Å². The maximum Gasteiger partial charge on any atom is 0.306 e. The van der Waals surface area contributed by atoms with Crippen molar-refractivity contribution in [2.75, 3.05) is 0 Å². The maximum atomic E-state index is 10.6. The van der Waals surface area contributed by atoms with E-state index in [1.165, 1.54) is 0 Å². The summed E-state index contributed by atoms with van der Waals surface area (Å²) in [6, 6.07) is 0. The summed E-state index contributed by atoms with van der Waals surface area (Å²) >= 11 is 5.16. The zero-order chi connectivity index (χ0) is 11.0. The number of carboxylic acid groups (broad SMARTS) is 1. The van der Waals surface area contributed by atoms with E-state index in [2.05, 4.69) is 0 Å². The summed E-state index contributed by atoms with van der Waals surface area (Å²) in [7, 11) is 0. The highest BCUT2D eigenvalue weighted by Gasteiger charge is 2.13. The van der Waals surface area contributed by atoms with E-state index in [4.69, 9.17) is 16.7 Å². The Morgan fingerprint density at radius 1 is 1.29 bits per heavy atom. The molecule has 0 spiro atoms. The zero-order valence-electron chi connectivity index (χ0n) is 8.46. The third kappa shape index (κ3) is 6.89. The Balaban J connectivity index is 3.42. The van der Waals surface area contributed by atoms with Crippen LogP contribution in [-0.2, 0) is 9.59 Å². The van der Waals surface area contributed by atoms with Gasteiger partial charge in [-0.05, 0) is 30.9 Å². The average molecular weight is 221 g/mol. The molecule has 82 valence electrons. The quantitative estimate of drug-likeness (QED) is 0.506. The topological polar surface area (TPSA) is 54.4 Å². The van der Waals surface area contributed by atoms with Gasteiger partial charge in [-0.25, -0.2) is 0 Å². The summed E-state index contributed by atoms with van der Waals surface area (Å²) in [5.41, 5.74) is 0. The first kappa shape index (κ1) is 13.4. The van der Waals surface area contributed by atoms with Crippen molar-refractivity contribution < 1.29 is 14.7 Å². The van der Waals surface area contributed by atoms with Gasteiger partial charge >= 0.3 is 5.97 Å². The normalized spacial score (nSPS) is 12.4. The van der Waals surface area contributed by atoms with Crippen LogP contribution in [0.5, 0.6) is 0 Å². The van der Waals surface area contributed by atoms with Crippen LogP contribution in [0.1, 0.15) is 45.4 Å². The molecule has 1 unspecified atom stereocenters. The van der Waals surface area contributed by atoms with Gasteiger partial charge in [0.05, 0.1) is 5.92 Å². The van der Waals surface area contributed by atoms with Crippen molar-refractivity contribution in [3.8, 4) is 0 Å². The number of unbranched alkanes of at least 4 members (excludes halogenated alkanes) is 2. The van der Waals surface area contributed by atoms with Gasteiger partial charge in [0.1, 0.15) is 0 Å². The summed E-state index contributed by atoms with van der Waals surface area (Å²) in [5, 5.41) is 8.43. The van der Waals surface area contributed by atoms with Gasteiger partial charge in [0.15, 0.2) is 0 Å². The summed E-state index contributed by atoms with van der Waals surface area (Å²) in [5.74, 6) is -0.956. The van der Waals surface area contributed by atoms with Crippen LogP contribution in [0.2, 0.25) is 0 Å². The second kappa shape index (κ2) is 7.80. The number of hydrogen-bond acceptors (Lipinski definition) is 2. The van der Waals surface area contributed by atoms with Gasteiger partial charge in [-0.3, -0.25) is 9.59 Å². The minimum atomic E-state index is -0.721. The molecule has 0 aliphatic carbocycles. The molecule has 0 amide bonds. The Labute approximate surface area is 89.4 Å². The number of halogens is 1. The SMILES string of the molecule is CCC(CCCCCC(=O)Cl)C(=O)O. The fourth-order valence-electron chi connectivity index (χ4n) is 1.33. The van der Waals surface area contributed by atoms with Gasteiger partial charge in [0, 0.05) is 6.42 Å². The number of carbonyl (C=O) groups excluding carboxylic acids is 1. The lowest BCUT2D eigenvalue weighted by atomic mass is 9.98. The smallest absolute Gasteiger partial charge is 0.306 e. The van der Waals surface area contributed by atoms with E-state index in [1.54, 1.807) is 0 Å². The molecule has 0 radical (unpaired) electrons. The fraction of sp³-hybridized carbons (Fsp3) is 0.800. The molecule has 0 heterocycles. The molecule has 0 aromatic carbocycles. The molecule has 0 aliphatic heterocycles. The van der Waals surface area contributed by atoms with Crippen LogP contribution < -0.4 is 0 Å². The van der Waals surface area contributed by atoms with E-state index >= 15 is 0 Å². The number of carboxylic acids is 1. The molecule has 0 aliphatic rings. The fourth-order valence-corrected chi connectivity index (χ4v) is 1.47. The summed E-state index contributed by atoms with van der Waals surface area (Å²) in [6.07, 6.45) is 4.26. The van der Waals surface area contributed by atoms with Crippen molar-refractivity contribution in [3.05, 3.63) is 0 Å². The van der Waals surface area contributed by atoms with Crippen LogP contribution in [0, 0.1) is 5.92 Å². The second-order valence-corrected chi connectivity index (χ2v) is 3.82. The highest BCUT2D eigenvalue weighted by Crippen LogP contribution is 2.14. The molecule has 0 aromatic heterocycles. The van der Waals surface area contributed by atoms with Crippen molar-refractivity contribution in [3.63, 3.8) is 0 Å². The largest absolute Gasteiger partial charge is 0.481 e. The van der Waals surface area contributed by atoms with Crippen LogP contribution in [0.15, 0.2) is 0 Å². The van der Waals surface area contributed by atoms with E-state index in [1.807, 2.05) is 6.92 Å². The van der Waals surface area contributed by atoms with Crippen molar-refractivity contribution in [1.29, 1.82) is 0 Å². The van der Waals surface area contributed by atoms with E-state index in [-0.39, 0.29) is 11.2 Å². The number of aliphatic carboxylic acids is 1. The minimum Gasteiger partial charge on any atom is -0.481 e. The molecule has 1 N–H and O–H groups in total. The predicted molar refractivity (Wildman–Crippen MR) is 55.4 cm³/mol. The molecule has 0 bridgehead atoms. The number of rotatable bonds is 8. The van der Waals surface area contributed by atoms with Gasteiger partial charge in [-0.15, -0.1) is 0 Å². The lowest BCUT2D eigenvalue weighted by Crippen LogP contribution is -2.12. The molecule has 4 heteroatoms. The van der Waals surface area contributed by atoms with E-state index in [0.29, 0.717) is 19.3 Å². The second-order valence-electron chi connectivity index (χ2n) is 3.40. The monoisotopic (exact) mass is 220 g/mol. The first-order chi connectivity index (χ1) is 6.57. The van der Waals surface area contributed by atoms with E-state index in [9.17, 15) is 9.59 Å². The highest BCUT2D eigenvalue weighted by atomic mass is 35.5. The summed E-state index contributed by atoms with van der Waals surface area (Å²) in [6.45, 7) is 1.88. The number of carbonyl (C=O) groups is 2. The molecular weight excluding hydrogens is 204 g/mol. The van der Waals surface area contributed by atoms with Crippen molar-refractivity contribution in [1.82, 2.24) is 0 Å². The molecule has 1 atom stereocenters. The zero-order valence-corrected chi connectivity index (χ0v) is 9.22. The standard InChI is InChI=1S/C10H17ClO3/c1-2-8(10(13)14)6-4-3-5-7-9(11)12/h8H,2-7H2,1H3,(H,13,14). The third-order valence-corrected chi connectivity index (χ3v) is 2.46. The molecule has 0 saturated carbocycles. The molecule has 0 fully saturated rings. The Morgan fingerprint density at radius 3 is 2.36 bits per heavy atom. The predicted octanol–water partition coefficient (Wildman–Crippen LogP) is 2.81. The van der Waals surface area contributed by atoms with Crippen molar-refractivity contribution in [2.24, 2.45) is 5.92 Å². The Kier molecular flexibility index (Phi) is 7.48. The average Bonchev–Trinajstić information content (AvgIpc) is 2.10.